The van der Waals surface area contributed by atoms with E-state index in [0.717, 1.165) is 10.8 Å². The van der Waals surface area contributed by atoms with Gasteiger partial charge in [0.1, 0.15) is 35.2 Å². The lowest BCUT2D eigenvalue weighted by Crippen LogP contribution is -2.33. The van der Waals surface area contributed by atoms with Crippen molar-refractivity contribution in [3.63, 3.8) is 0 Å². The molecule has 21 heavy (non-hydrogen) atoms. The normalized spacial score (nSPS) is 29.3. The standard InChI is InChI=1S/C12H16N4O4S/c1-2-21-11-7-10(13-4-14-11)16(5-15-7)12-9(19)8(18)6(3-17)20-12/h4-6,8-9,12,17-19H,2-3H2,1H3. The number of imidazole rings is 1. The average Bonchev–Trinajstić information content (AvgIpc) is 3.03. The number of hydrogen-bond acceptors (Lipinski definition) is 8. The summed E-state index contributed by atoms with van der Waals surface area (Å²) in [5.74, 6) is 0.854. The van der Waals surface area contributed by atoms with Crippen molar-refractivity contribution >= 4 is 22.9 Å². The summed E-state index contributed by atoms with van der Waals surface area (Å²) in [7, 11) is 0. The molecular formula is C12H16N4O4S. The maximum atomic E-state index is 10.1. The lowest BCUT2D eigenvalue weighted by atomic mass is 10.1. The molecule has 9 heteroatoms. The average molecular weight is 312 g/mol. The predicted molar refractivity (Wildman–Crippen MR) is 74.7 cm³/mol. The number of ether oxygens (including phenoxy) is 1. The molecule has 0 bridgehead atoms. The highest BCUT2D eigenvalue weighted by molar-refractivity contribution is 7.99. The van der Waals surface area contributed by atoms with E-state index in [2.05, 4.69) is 15.0 Å². The molecule has 0 spiro atoms. The Bertz CT molecular complexity index is 637. The smallest absolute Gasteiger partial charge is 0.166 e. The van der Waals surface area contributed by atoms with Crippen LogP contribution in [-0.2, 0) is 4.74 Å². The van der Waals surface area contributed by atoms with Crippen LogP contribution >= 0.6 is 11.8 Å². The molecule has 0 aromatic carbocycles. The Kier molecular flexibility index (Phi) is 4.09. The van der Waals surface area contributed by atoms with Crippen molar-refractivity contribution < 1.29 is 20.1 Å². The number of fused-ring (bicyclic) bond motifs is 1. The van der Waals surface area contributed by atoms with Gasteiger partial charge in [0.15, 0.2) is 11.9 Å². The summed E-state index contributed by atoms with van der Waals surface area (Å²) in [6.07, 6.45) is -1.04. The van der Waals surface area contributed by atoms with E-state index in [-0.39, 0.29) is 6.61 Å². The summed E-state index contributed by atoms with van der Waals surface area (Å²) < 4.78 is 7.05. The van der Waals surface area contributed by atoms with Crippen molar-refractivity contribution in [2.24, 2.45) is 0 Å². The van der Waals surface area contributed by atoms with Crippen molar-refractivity contribution in [3.8, 4) is 0 Å². The van der Waals surface area contributed by atoms with Crippen LogP contribution in [0.3, 0.4) is 0 Å². The summed E-state index contributed by atoms with van der Waals surface area (Å²) in [5, 5.41) is 29.8. The van der Waals surface area contributed by atoms with E-state index < -0.39 is 24.5 Å². The van der Waals surface area contributed by atoms with Crippen molar-refractivity contribution in [2.45, 2.75) is 36.5 Å². The summed E-state index contributed by atoms with van der Waals surface area (Å²) in [6.45, 7) is 1.65. The SMILES string of the molecule is CCSc1ncnc2c1ncn2C1OC(CO)C(O)C1O. The van der Waals surface area contributed by atoms with Crippen LogP contribution in [0.15, 0.2) is 17.7 Å². The van der Waals surface area contributed by atoms with E-state index in [1.165, 1.54) is 12.7 Å². The highest BCUT2D eigenvalue weighted by Gasteiger charge is 2.43. The Morgan fingerprint density at radius 2 is 2.10 bits per heavy atom. The predicted octanol–water partition coefficient (Wildman–Crippen LogP) is -0.450. The first-order chi connectivity index (χ1) is 10.2. The Morgan fingerprint density at radius 1 is 1.29 bits per heavy atom. The highest BCUT2D eigenvalue weighted by atomic mass is 32.2. The van der Waals surface area contributed by atoms with Gasteiger partial charge in [-0.2, -0.15) is 0 Å². The summed E-state index contributed by atoms with van der Waals surface area (Å²) in [4.78, 5) is 12.6. The van der Waals surface area contributed by atoms with Gasteiger partial charge in [0, 0.05) is 0 Å². The van der Waals surface area contributed by atoms with Crippen LogP contribution in [0.4, 0.5) is 0 Å². The molecule has 2 aromatic heterocycles. The minimum atomic E-state index is -1.16. The third-order valence-corrected chi connectivity index (χ3v) is 4.26. The second-order valence-corrected chi connectivity index (χ2v) is 5.92. The Hall–Kier alpha value is -1.26. The van der Waals surface area contributed by atoms with E-state index in [1.54, 1.807) is 16.3 Å². The van der Waals surface area contributed by atoms with Crippen LogP contribution in [0.1, 0.15) is 13.2 Å². The van der Waals surface area contributed by atoms with Crippen LogP contribution in [0.2, 0.25) is 0 Å². The van der Waals surface area contributed by atoms with Gasteiger partial charge in [0.2, 0.25) is 0 Å². The third-order valence-electron chi connectivity index (χ3n) is 3.40. The molecule has 0 radical (unpaired) electrons. The molecule has 3 N–H and O–H groups in total. The lowest BCUT2D eigenvalue weighted by Gasteiger charge is -2.16. The van der Waals surface area contributed by atoms with Crippen molar-refractivity contribution in [3.05, 3.63) is 12.7 Å². The fourth-order valence-corrected chi connectivity index (χ4v) is 3.04. The number of nitrogens with zero attached hydrogens (tertiary/aromatic N) is 4. The van der Waals surface area contributed by atoms with Crippen LogP contribution in [0.25, 0.3) is 11.2 Å². The third kappa shape index (κ3) is 2.40. The van der Waals surface area contributed by atoms with Gasteiger partial charge in [0.25, 0.3) is 0 Å². The molecule has 0 aliphatic carbocycles. The second-order valence-electron chi connectivity index (χ2n) is 4.66. The topological polar surface area (TPSA) is 114 Å². The van der Waals surface area contributed by atoms with Gasteiger partial charge in [-0.25, -0.2) is 15.0 Å². The molecule has 4 atom stereocenters. The fourth-order valence-electron chi connectivity index (χ4n) is 2.37. The summed E-state index contributed by atoms with van der Waals surface area (Å²) in [6, 6.07) is 0. The summed E-state index contributed by atoms with van der Waals surface area (Å²) >= 11 is 1.55. The van der Waals surface area contributed by atoms with Crippen molar-refractivity contribution in [1.82, 2.24) is 19.5 Å². The molecule has 0 saturated carbocycles. The molecule has 2 aromatic rings. The van der Waals surface area contributed by atoms with Gasteiger partial charge < -0.3 is 20.1 Å². The monoisotopic (exact) mass is 312 g/mol. The maximum Gasteiger partial charge on any atom is 0.166 e. The first-order valence-electron chi connectivity index (χ1n) is 6.60. The Balaban J connectivity index is 2.00. The zero-order valence-corrected chi connectivity index (χ0v) is 12.1. The molecule has 3 heterocycles. The number of aliphatic hydroxyl groups excluding tert-OH is 3. The molecule has 1 aliphatic rings. The van der Waals surface area contributed by atoms with E-state index in [9.17, 15) is 10.2 Å². The van der Waals surface area contributed by atoms with Gasteiger partial charge in [0.05, 0.1) is 12.9 Å². The van der Waals surface area contributed by atoms with Crippen LogP contribution in [-0.4, -0.2) is 65.5 Å². The molecule has 114 valence electrons. The van der Waals surface area contributed by atoms with Crippen LogP contribution < -0.4 is 0 Å². The zero-order chi connectivity index (χ0) is 15.0. The number of hydrogen-bond donors (Lipinski definition) is 3. The minimum absolute atomic E-state index is 0.368. The molecule has 8 nitrogen and oxygen atoms in total. The van der Waals surface area contributed by atoms with Gasteiger partial charge in [-0.1, -0.05) is 6.92 Å². The van der Waals surface area contributed by atoms with Crippen LogP contribution in [0, 0.1) is 0 Å². The van der Waals surface area contributed by atoms with Gasteiger partial charge >= 0.3 is 0 Å². The zero-order valence-electron chi connectivity index (χ0n) is 11.3. The molecule has 1 saturated heterocycles. The van der Waals surface area contributed by atoms with E-state index in [1.807, 2.05) is 6.92 Å². The fraction of sp³-hybridized carbons (Fsp3) is 0.583. The first kappa shape index (κ1) is 14.7. The van der Waals surface area contributed by atoms with E-state index in [0.29, 0.717) is 11.2 Å². The lowest BCUT2D eigenvalue weighted by molar-refractivity contribution is -0.0511. The Labute approximate surface area is 124 Å². The van der Waals surface area contributed by atoms with Gasteiger partial charge in [-0.3, -0.25) is 4.57 Å². The number of aromatic nitrogens is 4. The largest absolute Gasteiger partial charge is 0.394 e. The quantitative estimate of drug-likeness (QED) is 0.514. The van der Waals surface area contributed by atoms with Gasteiger partial charge in [-0.15, -0.1) is 11.8 Å². The van der Waals surface area contributed by atoms with Crippen molar-refractivity contribution in [1.29, 1.82) is 0 Å². The van der Waals surface area contributed by atoms with Crippen LogP contribution in [0.5, 0.6) is 0 Å². The maximum absolute atomic E-state index is 10.1. The number of rotatable bonds is 4. The molecule has 3 rings (SSSR count). The molecule has 0 amide bonds. The van der Waals surface area contributed by atoms with Crippen molar-refractivity contribution in [2.75, 3.05) is 12.4 Å². The van der Waals surface area contributed by atoms with Gasteiger partial charge in [-0.05, 0) is 5.75 Å². The molecule has 4 unspecified atom stereocenters. The Morgan fingerprint density at radius 3 is 2.76 bits per heavy atom. The highest BCUT2D eigenvalue weighted by Crippen LogP contribution is 2.32. The molecule has 1 aliphatic heterocycles. The first-order valence-corrected chi connectivity index (χ1v) is 7.58. The summed E-state index contributed by atoms with van der Waals surface area (Å²) in [5.41, 5.74) is 1.15. The van der Waals surface area contributed by atoms with E-state index >= 15 is 0 Å². The molecule has 1 fully saturated rings. The number of thioether (sulfide) groups is 1. The second kappa shape index (κ2) is 5.85. The minimum Gasteiger partial charge on any atom is -0.394 e. The van der Waals surface area contributed by atoms with E-state index in [4.69, 9.17) is 9.84 Å². The molecular weight excluding hydrogens is 296 g/mol. The number of aliphatic hydroxyl groups is 3.